The summed E-state index contributed by atoms with van der Waals surface area (Å²) < 4.78 is 14.8. The molecule has 2 amide bonds. The number of aryl methyl sites for hydroxylation is 2. The van der Waals surface area contributed by atoms with Crippen LogP contribution in [0.2, 0.25) is 0 Å². The predicted molar refractivity (Wildman–Crippen MR) is 88.1 cm³/mol. The van der Waals surface area contributed by atoms with Crippen LogP contribution in [0.5, 0.6) is 0 Å². The maximum Gasteiger partial charge on any atom is 0.319 e. The molecule has 1 aromatic heterocycles. The van der Waals surface area contributed by atoms with Crippen LogP contribution in [0, 0.1) is 12.7 Å². The number of nitrogens with one attached hydrogen (secondary N) is 2. The first-order valence-corrected chi connectivity index (χ1v) is 7.53. The van der Waals surface area contributed by atoms with Crippen LogP contribution in [0.3, 0.4) is 0 Å². The number of amides is 2. The van der Waals surface area contributed by atoms with E-state index in [1.165, 1.54) is 18.2 Å². The summed E-state index contributed by atoms with van der Waals surface area (Å²) in [6.45, 7) is 2.78. The van der Waals surface area contributed by atoms with Gasteiger partial charge in [0.15, 0.2) is 0 Å². The van der Waals surface area contributed by atoms with Crippen LogP contribution in [0.1, 0.15) is 18.4 Å². The van der Waals surface area contributed by atoms with E-state index in [0.29, 0.717) is 24.3 Å². The molecular weight excluding hydrogens is 297 g/mol. The zero-order valence-corrected chi connectivity index (χ0v) is 13.0. The SMILES string of the molecule is Cc1cc(NC(=O)NCCCCn2ccccc2=O)ccc1F. The second kappa shape index (κ2) is 8.12. The molecule has 0 atom stereocenters. The van der Waals surface area contributed by atoms with Crippen molar-refractivity contribution in [3.05, 3.63) is 64.3 Å². The average molecular weight is 317 g/mol. The van der Waals surface area contributed by atoms with Crippen molar-refractivity contribution < 1.29 is 9.18 Å². The fraction of sp³-hybridized carbons (Fsp3) is 0.294. The van der Waals surface area contributed by atoms with Crippen LogP contribution >= 0.6 is 0 Å². The average Bonchev–Trinajstić information content (AvgIpc) is 2.52. The van der Waals surface area contributed by atoms with E-state index in [2.05, 4.69) is 10.6 Å². The van der Waals surface area contributed by atoms with E-state index in [1.807, 2.05) is 6.07 Å². The molecule has 0 fully saturated rings. The number of unbranched alkanes of at least 4 members (excludes halogenated alkanes) is 1. The summed E-state index contributed by atoms with van der Waals surface area (Å²) in [5.41, 5.74) is 1.01. The zero-order valence-electron chi connectivity index (χ0n) is 13.0. The van der Waals surface area contributed by atoms with Crippen molar-refractivity contribution in [2.24, 2.45) is 0 Å². The molecule has 23 heavy (non-hydrogen) atoms. The summed E-state index contributed by atoms with van der Waals surface area (Å²) in [6.07, 6.45) is 3.30. The molecule has 0 aliphatic carbocycles. The Morgan fingerprint density at radius 2 is 2.04 bits per heavy atom. The van der Waals surface area contributed by atoms with Crippen LogP contribution in [0.25, 0.3) is 0 Å². The lowest BCUT2D eigenvalue weighted by molar-refractivity contribution is 0.252. The van der Waals surface area contributed by atoms with Crippen LogP contribution in [0.15, 0.2) is 47.4 Å². The van der Waals surface area contributed by atoms with Gasteiger partial charge in [0.2, 0.25) is 5.56 Å². The number of pyridine rings is 1. The van der Waals surface area contributed by atoms with Gasteiger partial charge < -0.3 is 15.2 Å². The molecule has 0 aliphatic rings. The van der Waals surface area contributed by atoms with Crippen molar-refractivity contribution >= 4 is 11.7 Å². The van der Waals surface area contributed by atoms with E-state index in [1.54, 1.807) is 29.8 Å². The van der Waals surface area contributed by atoms with E-state index >= 15 is 0 Å². The third kappa shape index (κ3) is 5.25. The highest BCUT2D eigenvalue weighted by atomic mass is 19.1. The van der Waals surface area contributed by atoms with Crippen LogP contribution in [-0.4, -0.2) is 17.1 Å². The number of aromatic nitrogens is 1. The monoisotopic (exact) mass is 317 g/mol. The van der Waals surface area contributed by atoms with E-state index < -0.39 is 0 Å². The minimum Gasteiger partial charge on any atom is -0.338 e. The molecule has 6 heteroatoms. The van der Waals surface area contributed by atoms with Gasteiger partial charge in [0.05, 0.1) is 0 Å². The number of halogens is 1. The van der Waals surface area contributed by atoms with Gasteiger partial charge in [0.1, 0.15) is 5.82 Å². The normalized spacial score (nSPS) is 10.3. The lowest BCUT2D eigenvalue weighted by atomic mass is 10.2. The summed E-state index contributed by atoms with van der Waals surface area (Å²) in [4.78, 5) is 23.2. The van der Waals surface area contributed by atoms with Gasteiger partial charge in [0.25, 0.3) is 0 Å². The predicted octanol–water partition coefficient (Wildman–Crippen LogP) is 2.90. The van der Waals surface area contributed by atoms with E-state index in [-0.39, 0.29) is 17.4 Å². The first-order chi connectivity index (χ1) is 11.1. The molecule has 1 aromatic carbocycles. The van der Waals surface area contributed by atoms with Crippen molar-refractivity contribution in [2.45, 2.75) is 26.3 Å². The van der Waals surface area contributed by atoms with Crippen molar-refractivity contribution in [1.82, 2.24) is 9.88 Å². The quantitative estimate of drug-likeness (QED) is 0.805. The lowest BCUT2D eigenvalue weighted by Gasteiger charge is -2.09. The molecule has 0 radical (unpaired) electrons. The van der Waals surface area contributed by atoms with Gasteiger partial charge in [-0.15, -0.1) is 0 Å². The number of nitrogens with zero attached hydrogens (tertiary/aromatic N) is 1. The summed E-state index contributed by atoms with van der Waals surface area (Å²) in [5.74, 6) is -0.299. The highest BCUT2D eigenvalue weighted by Gasteiger charge is 2.03. The molecular formula is C17H20FN3O2. The third-order valence-corrected chi connectivity index (χ3v) is 3.43. The summed E-state index contributed by atoms with van der Waals surface area (Å²) >= 11 is 0. The first kappa shape index (κ1) is 16.7. The molecule has 1 heterocycles. The Kier molecular flexibility index (Phi) is 5.91. The molecule has 0 unspecified atom stereocenters. The summed E-state index contributed by atoms with van der Waals surface area (Å²) in [5, 5.41) is 5.39. The lowest BCUT2D eigenvalue weighted by Crippen LogP contribution is -2.29. The fourth-order valence-electron chi connectivity index (χ4n) is 2.15. The smallest absolute Gasteiger partial charge is 0.319 e. The molecule has 2 N–H and O–H groups in total. The Balaban J connectivity index is 1.68. The Hall–Kier alpha value is -2.63. The van der Waals surface area contributed by atoms with Gasteiger partial charge in [-0.05, 0) is 49.6 Å². The second-order valence-corrected chi connectivity index (χ2v) is 5.28. The Labute approximate surface area is 134 Å². The molecule has 0 aliphatic heterocycles. The fourth-order valence-corrected chi connectivity index (χ4v) is 2.15. The standard InChI is InChI=1S/C17H20FN3O2/c1-13-12-14(7-8-15(13)18)20-17(23)19-9-3-5-11-21-10-4-2-6-16(21)22/h2,4,6-8,10,12H,3,5,9,11H2,1H3,(H2,19,20,23). The minimum atomic E-state index is -0.326. The van der Waals surface area contributed by atoms with Gasteiger partial charge in [-0.25, -0.2) is 9.18 Å². The molecule has 122 valence electrons. The highest BCUT2D eigenvalue weighted by molar-refractivity contribution is 5.89. The van der Waals surface area contributed by atoms with Crippen molar-refractivity contribution in [1.29, 1.82) is 0 Å². The third-order valence-electron chi connectivity index (χ3n) is 3.43. The van der Waals surface area contributed by atoms with Crippen molar-refractivity contribution in [3.8, 4) is 0 Å². The van der Waals surface area contributed by atoms with Gasteiger partial charge in [-0.3, -0.25) is 4.79 Å². The molecule has 0 saturated carbocycles. The van der Waals surface area contributed by atoms with E-state index in [9.17, 15) is 14.0 Å². The molecule has 2 rings (SSSR count). The van der Waals surface area contributed by atoms with E-state index in [4.69, 9.17) is 0 Å². The van der Waals surface area contributed by atoms with E-state index in [0.717, 1.165) is 12.8 Å². The minimum absolute atomic E-state index is 0.0233. The molecule has 0 saturated heterocycles. The van der Waals surface area contributed by atoms with Gasteiger partial charge >= 0.3 is 6.03 Å². The Morgan fingerprint density at radius 3 is 2.78 bits per heavy atom. The maximum atomic E-state index is 13.1. The van der Waals surface area contributed by atoms with Gasteiger partial charge in [-0.1, -0.05) is 6.07 Å². The van der Waals surface area contributed by atoms with Crippen molar-refractivity contribution in [2.75, 3.05) is 11.9 Å². The van der Waals surface area contributed by atoms with Crippen LogP contribution in [-0.2, 0) is 6.54 Å². The number of urea groups is 1. The Bertz CT molecular complexity index is 728. The number of carbonyl (C=O) groups is 1. The molecule has 0 spiro atoms. The number of rotatable bonds is 6. The van der Waals surface area contributed by atoms with Crippen LogP contribution in [0.4, 0.5) is 14.9 Å². The molecule has 5 nitrogen and oxygen atoms in total. The van der Waals surface area contributed by atoms with Gasteiger partial charge in [-0.2, -0.15) is 0 Å². The Morgan fingerprint density at radius 1 is 1.22 bits per heavy atom. The highest BCUT2D eigenvalue weighted by Crippen LogP contribution is 2.13. The van der Waals surface area contributed by atoms with Crippen LogP contribution < -0.4 is 16.2 Å². The number of hydrogen-bond donors (Lipinski definition) is 2. The van der Waals surface area contributed by atoms with Gasteiger partial charge in [0, 0.05) is 31.0 Å². The number of carbonyl (C=O) groups excluding carboxylic acids is 1. The largest absolute Gasteiger partial charge is 0.338 e. The second-order valence-electron chi connectivity index (χ2n) is 5.28. The zero-order chi connectivity index (χ0) is 16.7. The molecule has 0 bridgehead atoms. The molecule has 2 aromatic rings. The number of benzene rings is 1. The summed E-state index contributed by atoms with van der Waals surface area (Å²) in [6, 6.07) is 9.15. The van der Waals surface area contributed by atoms with Crippen molar-refractivity contribution in [3.63, 3.8) is 0 Å². The maximum absolute atomic E-state index is 13.1. The topological polar surface area (TPSA) is 63.1 Å². The number of anilines is 1. The summed E-state index contributed by atoms with van der Waals surface area (Å²) in [7, 11) is 0. The number of hydrogen-bond acceptors (Lipinski definition) is 2. The first-order valence-electron chi connectivity index (χ1n) is 7.53.